The Kier molecular flexibility index (Phi) is 2.09. The second-order valence-electron chi connectivity index (χ2n) is 2.76. The second-order valence-corrected chi connectivity index (χ2v) is 3.11. The van der Waals surface area contributed by atoms with E-state index in [4.69, 9.17) is 21.4 Å². The van der Waals surface area contributed by atoms with Crippen molar-refractivity contribution in [2.24, 2.45) is 0 Å². The molecule has 0 bridgehead atoms. The summed E-state index contributed by atoms with van der Waals surface area (Å²) in [5, 5.41) is 0.160. The molecule has 5 heteroatoms. The van der Waals surface area contributed by atoms with Crippen molar-refractivity contribution in [3.05, 3.63) is 29.9 Å². The van der Waals surface area contributed by atoms with Crippen LogP contribution in [0.25, 0.3) is 6.08 Å². The Labute approximate surface area is 85.7 Å². The summed E-state index contributed by atoms with van der Waals surface area (Å²) in [5.74, 6) is 0.491. The molecule has 1 aromatic rings. The standard InChI is InChI=1S/C9H7NO3S/c1-10-8(11)7(13-9(10)14)5-6-3-2-4-12-6/h2-5H,1H3. The lowest BCUT2D eigenvalue weighted by Crippen LogP contribution is -2.22. The number of hydrogen-bond acceptors (Lipinski definition) is 4. The zero-order valence-electron chi connectivity index (χ0n) is 7.39. The third kappa shape index (κ3) is 1.42. The van der Waals surface area contributed by atoms with Crippen LogP contribution >= 0.6 is 12.2 Å². The van der Waals surface area contributed by atoms with Crippen molar-refractivity contribution < 1.29 is 13.9 Å². The maximum absolute atomic E-state index is 11.4. The summed E-state index contributed by atoms with van der Waals surface area (Å²) >= 11 is 4.80. The molecule has 1 saturated heterocycles. The highest BCUT2D eigenvalue weighted by Crippen LogP contribution is 2.18. The zero-order chi connectivity index (χ0) is 10.1. The van der Waals surface area contributed by atoms with Crippen molar-refractivity contribution in [1.29, 1.82) is 0 Å². The fraction of sp³-hybridized carbons (Fsp3) is 0.111. The smallest absolute Gasteiger partial charge is 0.296 e. The Morgan fingerprint density at radius 2 is 2.36 bits per heavy atom. The molecule has 1 aliphatic heterocycles. The topological polar surface area (TPSA) is 42.7 Å². The quantitative estimate of drug-likeness (QED) is 0.518. The van der Waals surface area contributed by atoms with E-state index < -0.39 is 0 Å². The number of carbonyl (C=O) groups is 1. The SMILES string of the molecule is CN1C(=O)C(=Cc2ccco2)OC1=S. The first-order valence-corrected chi connectivity index (χ1v) is 4.34. The van der Waals surface area contributed by atoms with Crippen LogP contribution in [0.1, 0.15) is 5.76 Å². The van der Waals surface area contributed by atoms with Crippen molar-refractivity contribution >= 4 is 29.4 Å². The summed E-state index contributed by atoms with van der Waals surface area (Å²) in [6.45, 7) is 0. The Hall–Kier alpha value is -1.62. The molecule has 1 aliphatic rings. The number of amides is 1. The van der Waals surface area contributed by atoms with Crippen molar-refractivity contribution in [3.8, 4) is 0 Å². The van der Waals surface area contributed by atoms with Crippen molar-refractivity contribution in [3.63, 3.8) is 0 Å². The minimum Gasteiger partial charge on any atom is -0.465 e. The fourth-order valence-electron chi connectivity index (χ4n) is 1.05. The largest absolute Gasteiger partial charge is 0.465 e. The highest BCUT2D eigenvalue weighted by atomic mass is 32.1. The highest BCUT2D eigenvalue weighted by molar-refractivity contribution is 7.80. The first kappa shape index (κ1) is 8.96. The number of rotatable bonds is 1. The maximum atomic E-state index is 11.4. The number of carbonyl (C=O) groups excluding carboxylic acids is 1. The van der Waals surface area contributed by atoms with Gasteiger partial charge in [-0.05, 0) is 24.4 Å². The molecule has 0 N–H and O–H groups in total. The monoisotopic (exact) mass is 209 g/mol. The molecule has 0 unspecified atom stereocenters. The highest BCUT2D eigenvalue weighted by Gasteiger charge is 2.30. The van der Waals surface area contributed by atoms with Crippen LogP contribution in [0, 0.1) is 0 Å². The van der Waals surface area contributed by atoms with Gasteiger partial charge in [0.15, 0.2) is 5.76 Å². The molecule has 0 aliphatic carbocycles. The molecule has 72 valence electrons. The lowest BCUT2D eigenvalue weighted by atomic mass is 10.3. The van der Waals surface area contributed by atoms with Gasteiger partial charge in [-0.2, -0.15) is 0 Å². The summed E-state index contributed by atoms with van der Waals surface area (Å²) in [4.78, 5) is 12.7. The molecule has 2 rings (SSSR count). The number of hydrogen-bond donors (Lipinski definition) is 0. The molecule has 2 heterocycles. The van der Waals surface area contributed by atoms with Crippen LogP contribution in [0.4, 0.5) is 0 Å². The number of nitrogens with zero attached hydrogens (tertiary/aromatic N) is 1. The minimum atomic E-state index is -0.258. The average Bonchev–Trinajstić information content (AvgIpc) is 2.73. The summed E-state index contributed by atoms with van der Waals surface area (Å²) in [5.41, 5.74) is 0. The molecule has 0 spiro atoms. The summed E-state index contributed by atoms with van der Waals surface area (Å²) in [6.07, 6.45) is 3.03. The van der Waals surface area contributed by atoms with Gasteiger partial charge in [0.1, 0.15) is 5.76 Å². The summed E-state index contributed by atoms with van der Waals surface area (Å²) in [6, 6.07) is 3.46. The van der Waals surface area contributed by atoms with Crippen LogP contribution < -0.4 is 0 Å². The molecule has 0 radical (unpaired) electrons. The molecule has 1 amide bonds. The van der Waals surface area contributed by atoms with Crippen molar-refractivity contribution in [2.75, 3.05) is 7.05 Å². The molecule has 0 atom stereocenters. The Morgan fingerprint density at radius 1 is 1.57 bits per heavy atom. The minimum absolute atomic E-state index is 0.160. The van der Waals surface area contributed by atoms with Gasteiger partial charge in [0.2, 0.25) is 0 Å². The van der Waals surface area contributed by atoms with Gasteiger partial charge in [-0.25, -0.2) is 0 Å². The van der Waals surface area contributed by atoms with Crippen LogP contribution in [-0.4, -0.2) is 23.0 Å². The van der Waals surface area contributed by atoms with Gasteiger partial charge in [0.05, 0.1) is 6.26 Å². The number of thiocarbonyl (C=S) groups is 1. The van der Waals surface area contributed by atoms with E-state index in [9.17, 15) is 4.79 Å². The molecule has 1 fully saturated rings. The first-order chi connectivity index (χ1) is 6.68. The molecule has 14 heavy (non-hydrogen) atoms. The number of likely N-dealkylation sites (N-methyl/N-ethyl adjacent to an activating group) is 1. The molecule has 4 nitrogen and oxygen atoms in total. The van der Waals surface area contributed by atoms with E-state index in [1.807, 2.05) is 0 Å². The van der Waals surface area contributed by atoms with Gasteiger partial charge in [0.25, 0.3) is 11.1 Å². The Bertz CT molecular complexity index is 408. The maximum Gasteiger partial charge on any atom is 0.296 e. The van der Waals surface area contributed by atoms with E-state index in [1.54, 1.807) is 19.2 Å². The van der Waals surface area contributed by atoms with Crippen LogP contribution in [0.3, 0.4) is 0 Å². The van der Waals surface area contributed by atoms with Crippen LogP contribution in [0.5, 0.6) is 0 Å². The Balaban J connectivity index is 2.29. The van der Waals surface area contributed by atoms with E-state index in [0.29, 0.717) is 5.76 Å². The molecular weight excluding hydrogens is 202 g/mol. The van der Waals surface area contributed by atoms with E-state index in [0.717, 1.165) is 0 Å². The van der Waals surface area contributed by atoms with Crippen LogP contribution in [0.15, 0.2) is 28.6 Å². The lowest BCUT2D eigenvalue weighted by Gasteiger charge is -1.99. The summed E-state index contributed by atoms with van der Waals surface area (Å²) in [7, 11) is 1.56. The number of ether oxygens (including phenoxy) is 1. The summed E-state index contributed by atoms with van der Waals surface area (Å²) < 4.78 is 10.1. The number of furan rings is 1. The third-order valence-electron chi connectivity index (χ3n) is 1.80. The molecule has 0 aromatic carbocycles. The van der Waals surface area contributed by atoms with E-state index >= 15 is 0 Å². The van der Waals surface area contributed by atoms with Gasteiger partial charge in [-0.15, -0.1) is 0 Å². The van der Waals surface area contributed by atoms with Gasteiger partial charge in [-0.1, -0.05) is 0 Å². The average molecular weight is 209 g/mol. The predicted molar refractivity (Wildman–Crippen MR) is 53.1 cm³/mol. The van der Waals surface area contributed by atoms with Crippen molar-refractivity contribution in [2.45, 2.75) is 0 Å². The van der Waals surface area contributed by atoms with E-state index in [-0.39, 0.29) is 16.8 Å². The van der Waals surface area contributed by atoms with Gasteiger partial charge in [-0.3, -0.25) is 9.69 Å². The third-order valence-corrected chi connectivity index (χ3v) is 2.16. The normalized spacial score (nSPS) is 19.2. The fourth-order valence-corrected chi connectivity index (χ4v) is 1.22. The van der Waals surface area contributed by atoms with Gasteiger partial charge >= 0.3 is 0 Å². The molecule has 1 aromatic heterocycles. The second kappa shape index (κ2) is 3.26. The van der Waals surface area contributed by atoms with Crippen LogP contribution in [-0.2, 0) is 9.53 Å². The zero-order valence-corrected chi connectivity index (χ0v) is 8.21. The van der Waals surface area contributed by atoms with E-state index in [2.05, 4.69) is 0 Å². The van der Waals surface area contributed by atoms with Gasteiger partial charge < -0.3 is 9.15 Å². The molecular formula is C9H7NO3S. The van der Waals surface area contributed by atoms with Gasteiger partial charge in [0, 0.05) is 13.1 Å². The van der Waals surface area contributed by atoms with Crippen molar-refractivity contribution in [1.82, 2.24) is 4.90 Å². The van der Waals surface area contributed by atoms with Crippen LogP contribution in [0.2, 0.25) is 0 Å². The molecule has 0 saturated carbocycles. The predicted octanol–water partition coefficient (Wildman–Crippen LogP) is 1.39. The lowest BCUT2D eigenvalue weighted by molar-refractivity contribution is -0.122. The van der Waals surface area contributed by atoms with E-state index in [1.165, 1.54) is 17.2 Å². The first-order valence-electron chi connectivity index (χ1n) is 3.93. The Morgan fingerprint density at radius 3 is 2.86 bits per heavy atom.